The summed E-state index contributed by atoms with van der Waals surface area (Å²) >= 11 is 0. The van der Waals surface area contributed by atoms with Crippen LogP contribution in [0.15, 0.2) is 30.3 Å². The Morgan fingerprint density at radius 2 is 1.67 bits per heavy atom. The fourth-order valence-electron chi connectivity index (χ4n) is 0.495. The summed E-state index contributed by atoms with van der Waals surface area (Å²) in [6, 6.07) is 8.94. The van der Waals surface area contributed by atoms with Crippen molar-refractivity contribution in [1.82, 2.24) is 0 Å². The molecule has 0 saturated carbocycles. The highest BCUT2D eigenvalue weighted by Crippen LogP contribution is 2.07. The van der Waals surface area contributed by atoms with Crippen LogP contribution in [0.2, 0.25) is 0 Å². The minimum absolute atomic E-state index is 0. The zero-order valence-electron chi connectivity index (χ0n) is 4.28. The monoisotopic (exact) mass is 121 g/mol. The zero-order chi connectivity index (χ0) is 5.82. The normalized spacial score (nSPS) is 7.00. The van der Waals surface area contributed by atoms with E-state index < -0.39 is 0 Å². The molecule has 1 aromatic carbocycles. The molecule has 1 aromatic rings. The van der Waals surface area contributed by atoms with Crippen molar-refractivity contribution in [2.75, 3.05) is 0 Å². The Balaban J connectivity index is 0.000000640. The predicted molar refractivity (Wildman–Crippen MR) is 37.9 cm³/mol. The van der Waals surface area contributed by atoms with Crippen LogP contribution in [0.4, 0.5) is 5.69 Å². The molecule has 0 bridgehead atoms. The summed E-state index contributed by atoms with van der Waals surface area (Å²) in [5, 5.41) is 8.16. The third-order valence-corrected chi connectivity index (χ3v) is 0.872. The van der Waals surface area contributed by atoms with Gasteiger partial charge in [-0.2, -0.15) is 0 Å². The first-order chi connectivity index (χ1) is 3.93. The quantitative estimate of drug-likeness (QED) is 0.485. The fraction of sp³-hybridized carbons (Fsp3) is 0.143. The average Bonchev–Trinajstić information content (AvgIpc) is 1.90. The van der Waals surface area contributed by atoms with Crippen LogP contribution < -0.4 is 0 Å². The molecule has 0 atom stereocenters. The van der Waals surface area contributed by atoms with Gasteiger partial charge in [0.1, 0.15) is 0 Å². The molecule has 1 rings (SSSR count). The predicted octanol–water partition coefficient (Wildman–Crippen LogP) is 2.81. The number of benzene rings is 1. The Labute approximate surface area is 54.8 Å². The summed E-state index contributed by atoms with van der Waals surface area (Å²) < 4.78 is 0. The van der Waals surface area contributed by atoms with Crippen molar-refractivity contribution < 1.29 is 0 Å². The second-order valence-corrected chi connectivity index (χ2v) is 1.44. The maximum Gasteiger partial charge on any atom is 0.385 e. The maximum atomic E-state index is 8.16. The van der Waals surface area contributed by atoms with Crippen LogP contribution in [-0.4, -0.2) is 0 Å². The first-order valence-corrected chi connectivity index (χ1v) is 2.33. The number of diazo groups is 1. The highest BCUT2D eigenvalue weighted by molar-refractivity contribution is 5.42. The van der Waals surface area contributed by atoms with E-state index in [-0.39, 0.29) is 7.43 Å². The Hall–Kier alpha value is -1.36. The van der Waals surface area contributed by atoms with Gasteiger partial charge in [0, 0.05) is 12.1 Å². The number of hydrogen-bond donors (Lipinski definition) is 0. The summed E-state index contributed by atoms with van der Waals surface area (Å²) in [5.41, 5.74) is 0.590. The molecule has 0 radical (unpaired) electrons. The van der Waals surface area contributed by atoms with Crippen LogP contribution in [-0.2, 0) is 0 Å². The molecule has 0 N–H and O–H groups in total. The molecule has 0 amide bonds. The van der Waals surface area contributed by atoms with Gasteiger partial charge < -0.3 is 0 Å². The van der Waals surface area contributed by atoms with E-state index in [1.807, 2.05) is 18.2 Å². The van der Waals surface area contributed by atoms with Gasteiger partial charge in [0.15, 0.2) is 4.98 Å². The van der Waals surface area contributed by atoms with Gasteiger partial charge in [0.05, 0.1) is 0 Å². The number of rotatable bonds is 0. The van der Waals surface area contributed by atoms with Crippen LogP contribution in [0, 0.1) is 5.39 Å². The summed E-state index contributed by atoms with van der Waals surface area (Å²) in [6.45, 7) is 0. The molecule has 0 spiro atoms. The molecule has 0 aromatic heterocycles. The minimum atomic E-state index is 0. The van der Waals surface area contributed by atoms with Gasteiger partial charge in [-0.1, -0.05) is 25.6 Å². The molecule has 0 fully saturated rings. The second kappa shape index (κ2) is 3.62. The Morgan fingerprint density at radius 3 is 2.00 bits per heavy atom. The molecule has 46 valence electrons. The van der Waals surface area contributed by atoms with Crippen molar-refractivity contribution in [1.29, 1.82) is 5.39 Å². The van der Waals surface area contributed by atoms with Crippen LogP contribution in [0.5, 0.6) is 0 Å². The second-order valence-electron chi connectivity index (χ2n) is 1.44. The van der Waals surface area contributed by atoms with Crippen LogP contribution >= 0.6 is 0 Å². The van der Waals surface area contributed by atoms with Crippen molar-refractivity contribution in [2.45, 2.75) is 7.43 Å². The smallest absolute Gasteiger partial charge is 0.0776 e. The SMILES string of the molecule is C.N#[N+]c1ccccc1. The lowest BCUT2D eigenvalue weighted by atomic mass is 10.3. The lowest BCUT2D eigenvalue weighted by Crippen LogP contribution is -1.54. The first kappa shape index (κ1) is 7.64. The molecule has 0 saturated heterocycles. The number of hydrogen-bond acceptors (Lipinski definition) is 1. The van der Waals surface area contributed by atoms with Gasteiger partial charge in [-0.05, 0) is 0 Å². The van der Waals surface area contributed by atoms with E-state index in [1.165, 1.54) is 0 Å². The van der Waals surface area contributed by atoms with E-state index in [4.69, 9.17) is 5.39 Å². The molecule has 0 aliphatic carbocycles. The van der Waals surface area contributed by atoms with E-state index in [2.05, 4.69) is 4.98 Å². The maximum absolute atomic E-state index is 8.16. The van der Waals surface area contributed by atoms with Gasteiger partial charge in [0.2, 0.25) is 5.39 Å². The fourth-order valence-corrected chi connectivity index (χ4v) is 0.495. The molecule has 0 heterocycles. The third-order valence-electron chi connectivity index (χ3n) is 0.872. The molecule has 0 aliphatic rings. The van der Waals surface area contributed by atoms with Gasteiger partial charge in [-0.25, -0.2) is 0 Å². The summed E-state index contributed by atoms with van der Waals surface area (Å²) in [6.07, 6.45) is 0. The van der Waals surface area contributed by atoms with E-state index >= 15 is 0 Å². The van der Waals surface area contributed by atoms with Gasteiger partial charge >= 0.3 is 5.69 Å². The molecule has 9 heavy (non-hydrogen) atoms. The summed E-state index contributed by atoms with van der Waals surface area (Å²) in [5.74, 6) is 0. The van der Waals surface area contributed by atoms with Crippen molar-refractivity contribution in [3.63, 3.8) is 0 Å². The highest BCUT2D eigenvalue weighted by atomic mass is 14.8. The summed E-state index contributed by atoms with van der Waals surface area (Å²) in [7, 11) is 0. The largest absolute Gasteiger partial charge is 0.385 e. The minimum Gasteiger partial charge on any atom is -0.0776 e. The molecule has 0 aliphatic heterocycles. The average molecular weight is 121 g/mol. The molecule has 0 unspecified atom stereocenters. The molecule has 2 heteroatoms. The van der Waals surface area contributed by atoms with E-state index in [0.29, 0.717) is 5.69 Å². The van der Waals surface area contributed by atoms with E-state index in [1.54, 1.807) is 12.1 Å². The topological polar surface area (TPSA) is 28.1 Å². The lowest BCUT2D eigenvalue weighted by molar-refractivity contribution is 1.46. The molecule has 2 nitrogen and oxygen atoms in total. The van der Waals surface area contributed by atoms with E-state index in [0.717, 1.165) is 0 Å². The zero-order valence-corrected chi connectivity index (χ0v) is 4.28. The van der Waals surface area contributed by atoms with Crippen LogP contribution in [0.25, 0.3) is 4.98 Å². The Morgan fingerprint density at radius 1 is 1.11 bits per heavy atom. The molecular weight excluding hydrogens is 112 g/mol. The lowest BCUT2D eigenvalue weighted by Gasteiger charge is -1.69. The summed E-state index contributed by atoms with van der Waals surface area (Å²) in [4.78, 5) is 2.97. The van der Waals surface area contributed by atoms with Gasteiger partial charge in [-0.3, -0.25) is 0 Å². The Kier molecular flexibility index (Phi) is 3.07. The first-order valence-electron chi connectivity index (χ1n) is 2.33. The van der Waals surface area contributed by atoms with Gasteiger partial charge in [0.25, 0.3) is 0 Å². The van der Waals surface area contributed by atoms with Crippen LogP contribution in [0.3, 0.4) is 0 Å². The Bertz CT molecular complexity index is 198. The van der Waals surface area contributed by atoms with Crippen molar-refractivity contribution in [3.8, 4) is 0 Å². The third kappa shape index (κ3) is 1.92. The van der Waals surface area contributed by atoms with Crippen molar-refractivity contribution in [3.05, 3.63) is 35.3 Å². The van der Waals surface area contributed by atoms with Crippen LogP contribution in [0.1, 0.15) is 7.43 Å². The van der Waals surface area contributed by atoms with Gasteiger partial charge in [-0.15, -0.1) is 0 Å². The van der Waals surface area contributed by atoms with Crippen molar-refractivity contribution >= 4 is 5.69 Å². The molecular formula is C7H9N2+. The van der Waals surface area contributed by atoms with E-state index in [9.17, 15) is 0 Å². The van der Waals surface area contributed by atoms with Crippen molar-refractivity contribution in [2.24, 2.45) is 0 Å². The highest BCUT2D eigenvalue weighted by Gasteiger charge is 1.95. The number of nitrogens with zero attached hydrogens (tertiary/aromatic N) is 2. The standard InChI is InChI=1S/C6H5N2.CH4/c7-8-6-4-2-1-3-5-6;/h1-5H;1H4/q+1;.